The van der Waals surface area contributed by atoms with Crippen LogP contribution in [0.15, 0.2) is 0 Å². The molecular weight excluding hydrogens is 142 g/mol. The fraction of sp³-hybridized carbons (Fsp3) is 0. The smallest absolute Gasteiger partial charge is 0.0689 e. The summed E-state index contributed by atoms with van der Waals surface area (Å²) in [7, 11) is 0. The second-order valence-corrected chi connectivity index (χ2v) is 0.224. The first kappa shape index (κ1) is 8.82. The van der Waals surface area contributed by atoms with Gasteiger partial charge in [-0.1, -0.05) is 0 Å². The van der Waals surface area contributed by atoms with Crippen LogP contribution in [0.3, 0.4) is 0 Å². The minimum atomic E-state index is -1.75. The van der Waals surface area contributed by atoms with E-state index in [1.807, 2.05) is 0 Å². The van der Waals surface area contributed by atoms with E-state index >= 15 is 0 Å². The van der Waals surface area contributed by atoms with Gasteiger partial charge in [0.2, 0.25) is 0 Å². The summed E-state index contributed by atoms with van der Waals surface area (Å²) < 4.78 is 0. The number of halogens is 1. The van der Waals surface area contributed by atoms with E-state index in [4.69, 9.17) is 15.3 Å². The Morgan fingerprint density at radius 3 is 1.40 bits per heavy atom. The molecule has 0 bridgehead atoms. The molecule has 5 heteroatoms. The van der Waals surface area contributed by atoms with Crippen LogP contribution < -0.4 is 0 Å². The zero-order valence-corrected chi connectivity index (χ0v) is 3.79. The number of nitrogens with zero attached hydrogens (tertiary/aromatic N) is 1. The summed E-state index contributed by atoms with van der Waals surface area (Å²) in [6.45, 7) is 0. The molecule has 0 unspecified atom stereocenters. The third kappa shape index (κ3) is 101. The highest BCUT2D eigenvalue weighted by molar-refractivity contribution is 8.93. The van der Waals surface area contributed by atoms with Crippen LogP contribution in [0.1, 0.15) is 0 Å². The van der Waals surface area contributed by atoms with Crippen molar-refractivity contribution in [2.75, 3.05) is 0 Å². The zero-order chi connectivity index (χ0) is 3.58. The molecular formula is HBrNO3-. The summed E-state index contributed by atoms with van der Waals surface area (Å²) in [6.07, 6.45) is 0. The first-order valence-corrected chi connectivity index (χ1v) is 0.548. The van der Waals surface area contributed by atoms with Gasteiger partial charge in [-0.25, -0.2) is 0 Å². The Hall–Kier alpha value is -0.320. The van der Waals surface area contributed by atoms with Gasteiger partial charge in [-0.15, -0.1) is 17.0 Å². The first-order chi connectivity index (χ1) is 1.73. The lowest BCUT2D eigenvalue weighted by Gasteiger charge is -1.74. The van der Waals surface area contributed by atoms with Crippen LogP contribution in [-0.4, -0.2) is 5.09 Å². The van der Waals surface area contributed by atoms with Crippen molar-refractivity contribution in [2.45, 2.75) is 0 Å². The first-order valence-electron chi connectivity index (χ1n) is 0.548. The molecule has 0 aliphatic rings. The lowest BCUT2D eigenvalue weighted by Crippen LogP contribution is -1.74. The van der Waals surface area contributed by atoms with Crippen molar-refractivity contribution in [1.29, 1.82) is 0 Å². The molecule has 0 radical (unpaired) electrons. The van der Waals surface area contributed by atoms with Gasteiger partial charge < -0.3 is 15.3 Å². The van der Waals surface area contributed by atoms with Crippen molar-refractivity contribution in [3.8, 4) is 0 Å². The Labute approximate surface area is 38.3 Å². The van der Waals surface area contributed by atoms with Gasteiger partial charge in [0.05, 0.1) is 5.09 Å². The summed E-state index contributed by atoms with van der Waals surface area (Å²) >= 11 is 0. The van der Waals surface area contributed by atoms with E-state index in [9.17, 15) is 0 Å². The lowest BCUT2D eigenvalue weighted by atomic mass is 13.1. The van der Waals surface area contributed by atoms with Crippen LogP contribution in [-0.2, 0) is 0 Å². The molecule has 0 atom stereocenters. The average molecular weight is 143 g/mol. The van der Waals surface area contributed by atoms with Gasteiger partial charge in [-0.2, -0.15) is 0 Å². The van der Waals surface area contributed by atoms with E-state index in [-0.39, 0.29) is 17.0 Å². The van der Waals surface area contributed by atoms with Crippen molar-refractivity contribution < 1.29 is 5.09 Å². The predicted molar refractivity (Wildman–Crippen MR) is 20.7 cm³/mol. The molecule has 0 amide bonds. The maximum Gasteiger partial charge on any atom is 0.0689 e. The summed E-state index contributed by atoms with van der Waals surface area (Å²) in [5.41, 5.74) is 0. The Balaban J connectivity index is 0. The van der Waals surface area contributed by atoms with Crippen molar-refractivity contribution in [3.05, 3.63) is 15.3 Å². The summed E-state index contributed by atoms with van der Waals surface area (Å²) in [4.78, 5) is 8.25. The SMILES string of the molecule is Br.O=[N+]([O-])[O-]. The molecule has 0 aromatic carbocycles. The quantitative estimate of drug-likeness (QED) is 0.362. The summed E-state index contributed by atoms with van der Waals surface area (Å²) in [5, 5.41) is 14.8. The van der Waals surface area contributed by atoms with E-state index in [1.165, 1.54) is 0 Å². The van der Waals surface area contributed by atoms with Gasteiger partial charge in [-0.05, 0) is 0 Å². The molecule has 5 heavy (non-hydrogen) atoms. The molecule has 0 rings (SSSR count). The largest absolute Gasteiger partial charge is 0.356 e. The number of hydrogen-bond acceptors (Lipinski definition) is 3. The molecule has 0 heterocycles. The maximum absolute atomic E-state index is 8.25. The van der Waals surface area contributed by atoms with E-state index in [0.717, 1.165) is 0 Å². The molecule has 0 saturated carbocycles. The lowest BCUT2D eigenvalue weighted by molar-refractivity contribution is -0.402. The minimum absolute atomic E-state index is 0. The number of hydrogen-bond donors (Lipinski definition) is 0. The maximum atomic E-state index is 8.25. The van der Waals surface area contributed by atoms with Crippen LogP contribution in [0.5, 0.6) is 0 Å². The molecule has 0 fully saturated rings. The van der Waals surface area contributed by atoms with Gasteiger partial charge in [0.15, 0.2) is 0 Å². The minimum Gasteiger partial charge on any atom is -0.356 e. The molecule has 0 aliphatic carbocycles. The Morgan fingerprint density at radius 2 is 1.40 bits per heavy atom. The Morgan fingerprint density at radius 1 is 1.40 bits per heavy atom. The topological polar surface area (TPSA) is 66.2 Å². The van der Waals surface area contributed by atoms with Gasteiger partial charge in [0.1, 0.15) is 0 Å². The molecule has 4 nitrogen and oxygen atoms in total. The van der Waals surface area contributed by atoms with Crippen LogP contribution >= 0.6 is 17.0 Å². The van der Waals surface area contributed by atoms with E-state index in [2.05, 4.69) is 0 Å². The molecule has 0 spiro atoms. The highest BCUT2D eigenvalue weighted by Crippen LogP contribution is 1.44. The summed E-state index contributed by atoms with van der Waals surface area (Å²) in [6, 6.07) is 0. The predicted octanol–water partition coefficient (Wildman–Crippen LogP) is 0.339. The van der Waals surface area contributed by atoms with Gasteiger partial charge in [0, 0.05) is 0 Å². The van der Waals surface area contributed by atoms with Crippen molar-refractivity contribution >= 4 is 17.0 Å². The monoisotopic (exact) mass is 142 g/mol. The highest BCUT2D eigenvalue weighted by Gasteiger charge is 1.45. The molecule has 0 aromatic rings. The van der Waals surface area contributed by atoms with Gasteiger partial charge >= 0.3 is 0 Å². The second-order valence-electron chi connectivity index (χ2n) is 0.224. The van der Waals surface area contributed by atoms with Crippen LogP contribution in [0, 0.1) is 15.3 Å². The third-order valence-corrected chi connectivity index (χ3v) is 0. The average Bonchev–Trinajstić information content (AvgIpc) is 0.811. The van der Waals surface area contributed by atoms with Gasteiger partial charge in [-0.3, -0.25) is 0 Å². The van der Waals surface area contributed by atoms with Crippen molar-refractivity contribution in [2.24, 2.45) is 0 Å². The molecule has 0 N–H and O–H groups in total. The van der Waals surface area contributed by atoms with Crippen LogP contribution in [0.4, 0.5) is 0 Å². The number of rotatable bonds is 0. The molecule has 0 aromatic heterocycles. The van der Waals surface area contributed by atoms with Crippen LogP contribution in [0.2, 0.25) is 0 Å². The standard InChI is InChI=1S/BrH.NO3/c;2-1(3)4/h1H;/q;-1. The van der Waals surface area contributed by atoms with Gasteiger partial charge in [0.25, 0.3) is 0 Å². The van der Waals surface area contributed by atoms with Crippen molar-refractivity contribution in [3.63, 3.8) is 0 Å². The van der Waals surface area contributed by atoms with Crippen LogP contribution in [0.25, 0.3) is 0 Å². The Bertz CT molecular complexity index is 29.9. The van der Waals surface area contributed by atoms with E-state index in [0.29, 0.717) is 0 Å². The molecule has 0 saturated heterocycles. The third-order valence-electron chi connectivity index (χ3n) is 0. The second kappa shape index (κ2) is 3.68. The fourth-order valence-electron chi connectivity index (χ4n) is 0. The fourth-order valence-corrected chi connectivity index (χ4v) is 0. The summed E-state index contributed by atoms with van der Waals surface area (Å²) in [5.74, 6) is 0. The molecule has 32 valence electrons. The Kier molecular flexibility index (Phi) is 6.49. The zero-order valence-electron chi connectivity index (χ0n) is 2.08. The molecule has 0 aliphatic heterocycles. The van der Waals surface area contributed by atoms with Crippen molar-refractivity contribution in [1.82, 2.24) is 0 Å². The highest BCUT2D eigenvalue weighted by atomic mass is 79.9. The van der Waals surface area contributed by atoms with E-state index in [1.54, 1.807) is 0 Å². The normalized spacial score (nSPS) is 4.80. The van der Waals surface area contributed by atoms with E-state index < -0.39 is 5.09 Å².